The third-order valence-electron chi connectivity index (χ3n) is 11.5. The number of benzene rings is 7. The third-order valence-corrected chi connectivity index (χ3v) is 11.5. The molecule has 0 aliphatic rings. The van der Waals surface area contributed by atoms with Gasteiger partial charge in [0.1, 0.15) is 17.2 Å². The Balaban J connectivity index is 1.62. The molecule has 9 nitrogen and oxygen atoms in total. The van der Waals surface area contributed by atoms with Gasteiger partial charge in [-0.2, -0.15) is 0 Å². The minimum Gasteiger partial charge on any atom is -0.495 e. The topological polar surface area (TPSA) is 94.1 Å². The van der Waals surface area contributed by atoms with Gasteiger partial charge in [0.05, 0.1) is 92.1 Å². The molecule has 0 radical (unpaired) electrons. The summed E-state index contributed by atoms with van der Waals surface area (Å²) in [6.45, 7) is 6.22. The number of methoxy groups -OCH3 is 6. The lowest BCUT2D eigenvalue weighted by Gasteiger charge is -2.28. The van der Waals surface area contributed by atoms with Crippen molar-refractivity contribution in [1.29, 1.82) is 0 Å². The molecule has 0 aliphatic heterocycles. The van der Waals surface area contributed by atoms with Crippen molar-refractivity contribution in [2.45, 2.75) is 20.8 Å². The molecule has 0 amide bonds. The molecule has 282 valence electrons. The molecule has 9 heteroatoms. The van der Waals surface area contributed by atoms with E-state index in [1.165, 1.54) is 0 Å². The molecule has 0 saturated heterocycles. The molecule has 0 unspecified atom stereocenters. The third kappa shape index (κ3) is 4.53. The van der Waals surface area contributed by atoms with Crippen LogP contribution in [-0.2, 0) is 0 Å². The Morgan fingerprint density at radius 1 is 0.298 bits per heavy atom. The van der Waals surface area contributed by atoms with E-state index in [0.717, 1.165) is 98.5 Å². The van der Waals surface area contributed by atoms with Crippen molar-refractivity contribution in [3.8, 4) is 68.3 Å². The van der Waals surface area contributed by atoms with Crippen LogP contribution in [0.4, 0.5) is 0 Å². The molecular weight excluding hydrogens is 715 g/mol. The fraction of sp³-hybridized carbons (Fsp3) is 0.188. The first-order chi connectivity index (χ1) is 27.8. The minimum atomic E-state index is 0.410. The van der Waals surface area contributed by atoms with Crippen LogP contribution in [-0.4, -0.2) is 57.6 Å². The van der Waals surface area contributed by atoms with Gasteiger partial charge in [-0.3, -0.25) is 0 Å². The van der Waals surface area contributed by atoms with E-state index < -0.39 is 0 Å². The molecule has 57 heavy (non-hydrogen) atoms. The van der Waals surface area contributed by atoms with E-state index >= 15 is 0 Å². The molecule has 0 atom stereocenters. The molecule has 0 spiro atoms. The van der Waals surface area contributed by atoms with Gasteiger partial charge in [-0.15, -0.1) is 0 Å². The first kappa shape index (κ1) is 34.6. The maximum Gasteiger partial charge on any atom is 0.225 e. The predicted molar refractivity (Wildman–Crippen MR) is 228 cm³/mol. The number of rotatable bonds is 9. The zero-order valence-corrected chi connectivity index (χ0v) is 33.2. The van der Waals surface area contributed by atoms with Gasteiger partial charge in [-0.25, -0.2) is 15.0 Å². The van der Waals surface area contributed by atoms with Crippen molar-refractivity contribution in [1.82, 2.24) is 15.0 Å². The van der Waals surface area contributed by atoms with Crippen molar-refractivity contribution in [2.75, 3.05) is 42.7 Å². The summed E-state index contributed by atoms with van der Waals surface area (Å²) < 4.78 is 38.2. The molecule has 10 aromatic rings. The molecular formula is C48H39N3O6. The zero-order chi connectivity index (χ0) is 39.4. The second-order valence-electron chi connectivity index (χ2n) is 14.6. The van der Waals surface area contributed by atoms with E-state index in [4.69, 9.17) is 43.4 Å². The number of aromatic nitrogens is 3. The normalized spacial score (nSPS) is 11.9. The highest BCUT2D eigenvalue weighted by Crippen LogP contribution is 2.62. The van der Waals surface area contributed by atoms with Crippen molar-refractivity contribution in [2.24, 2.45) is 0 Å². The Bertz CT molecular complexity index is 2820. The predicted octanol–water partition coefficient (Wildman–Crippen LogP) is 11.1. The Morgan fingerprint density at radius 3 is 0.754 bits per heavy atom. The van der Waals surface area contributed by atoms with Crippen molar-refractivity contribution >= 4 is 65.0 Å². The molecule has 0 aliphatic carbocycles. The van der Waals surface area contributed by atoms with Crippen LogP contribution in [0.25, 0.3) is 98.4 Å². The van der Waals surface area contributed by atoms with Gasteiger partial charge in [-0.1, -0.05) is 89.5 Å². The van der Waals surface area contributed by atoms with Gasteiger partial charge in [0.25, 0.3) is 0 Å². The summed E-state index contributed by atoms with van der Waals surface area (Å²) in [5.74, 6) is 3.00. The van der Waals surface area contributed by atoms with Crippen LogP contribution in [0.3, 0.4) is 0 Å². The Kier molecular flexibility index (Phi) is 7.64. The molecule has 0 bridgehead atoms. The molecule has 7 aromatic carbocycles. The summed E-state index contributed by atoms with van der Waals surface area (Å²) in [6, 6.07) is 25.1. The molecule has 0 fully saturated rings. The highest BCUT2D eigenvalue weighted by Gasteiger charge is 2.37. The lowest BCUT2D eigenvalue weighted by atomic mass is 9.80. The quantitative estimate of drug-likeness (QED) is 0.105. The summed E-state index contributed by atoms with van der Waals surface area (Å²) in [4.78, 5) is 16.3. The summed E-state index contributed by atoms with van der Waals surface area (Å²) in [7, 11) is 10.00. The summed E-state index contributed by atoms with van der Waals surface area (Å²) >= 11 is 0. The van der Waals surface area contributed by atoms with Crippen molar-refractivity contribution < 1.29 is 28.4 Å². The first-order valence-corrected chi connectivity index (χ1v) is 18.7. The van der Waals surface area contributed by atoms with Crippen molar-refractivity contribution in [3.63, 3.8) is 0 Å². The van der Waals surface area contributed by atoms with E-state index in [9.17, 15) is 0 Å². The molecule has 0 saturated carbocycles. The SMILES string of the molecule is COc1nc2c(-c3ccc(C)cc3)c(OC)c3c(OC)nc4c(-c5ccc(C)cc5)c(OC)c5c(OC)nc6c(-c7ccc(C)cc7)c(OC)c1c1c6c5c4c3c21. The van der Waals surface area contributed by atoms with Crippen LogP contribution in [0, 0.1) is 20.8 Å². The van der Waals surface area contributed by atoms with Gasteiger partial charge < -0.3 is 28.4 Å². The Morgan fingerprint density at radius 2 is 0.544 bits per heavy atom. The lowest BCUT2D eigenvalue weighted by Crippen LogP contribution is -2.07. The lowest BCUT2D eigenvalue weighted by molar-refractivity contribution is 0.394. The van der Waals surface area contributed by atoms with Crippen LogP contribution in [0.5, 0.6) is 34.9 Å². The average molecular weight is 754 g/mol. The maximum absolute atomic E-state index is 6.46. The van der Waals surface area contributed by atoms with Crippen LogP contribution in [0.1, 0.15) is 16.7 Å². The van der Waals surface area contributed by atoms with E-state index in [1.807, 2.05) is 0 Å². The number of pyridine rings is 3. The van der Waals surface area contributed by atoms with E-state index in [1.54, 1.807) is 42.7 Å². The van der Waals surface area contributed by atoms with E-state index in [2.05, 4.69) is 93.6 Å². The van der Waals surface area contributed by atoms with Gasteiger partial charge >= 0.3 is 0 Å². The van der Waals surface area contributed by atoms with Gasteiger partial charge in [0, 0.05) is 32.3 Å². The number of hydrogen-bond donors (Lipinski definition) is 0. The molecule has 3 heterocycles. The standard InChI is InChI=1S/C48H39N3O6/c1-22-10-16-25(17-11-22)28-40-34-31-35-33-36-32(34)38(47(49-40)56-8)44(53-5)30(27-20-14-24(3)15-21-27)42(36)51-48(57-9)39(33)45(54-6)29(26-18-12-23(2)13-19-26)41(35)50-46(55-7)37(31)43(28)52-4/h10-21H,1-9H3. The highest BCUT2D eigenvalue weighted by atomic mass is 16.5. The van der Waals surface area contributed by atoms with Crippen LogP contribution >= 0.6 is 0 Å². The van der Waals surface area contributed by atoms with Crippen LogP contribution in [0.2, 0.25) is 0 Å². The summed E-state index contributed by atoms with van der Waals surface area (Å²) in [5.41, 5.74) is 10.7. The van der Waals surface area contributed by atoms with Crippen LogP contribution < -0.4 is 28.4 Å². The largest absolute Gasteiger partial charge is 0.495 e. The van der Waals surface area contributed by atoms with Crippen molar-refractivity contribution in [3.05, 3.63) is 89.5 Å². The fourth-order valence-electron chi connectivity index (χ4n) is 9.06. The fourth-order valence-corrected chi connectivity index (χ4v) is 9.06. The first-order valence-electron chi connectivity index (χ1n) is 18.7. The minimum absolute atomic E-state index is 0.410. The molecule has 10 rings (SSSR count). The Hall–Kier alpha value is -6.87. The number of ether oxygens (including phenoxy) is 6. The van der Waals surface area contributed by atoms with Gasteiger partial charge in [-0.05, 0) is 37.5 Å². The smallest absolute Gasteiger partial charge is 0.225 e. The highest BCUT2D eigenvalue weighted by molar-refractivity contribution is 6.49. The number of nitrogens with zero attached hydrogens (tertiary/aromatic N) is 3. The zero-order valence-electron chi connectivity index (χ0n) is 33.2. The van der Waals surface area contributed by atoms with Crippen LogP contribution in [0.15, 0.2) is 72.8 Å². The molecule has 0 N–H and O–H groups in total. The summed E-state index contributed by atoms with van der Waals surface area (Å²) in [5, 5.41) is 7.49. The summed E-state index contributed by atoms with van der Waals surface area (Å²) in [6.07, 6.45) is 0. The maximum atomic E-state index is 6.46. The average Bonchev–Trinajstić information content (AvgIpc) is 3.24. The molecule has 3 aromatic heterocycles. The number of hydrogen-bond acceptors (Lipinski definition) is 9. The second-order valence-corrected chi connectivity index (χ2v) is 14.6. The second kappa shape index (κ2) is 12.6. The number of aryl methyl sites for hydroxylation is 3. The monoisotopic (exact) mass is 753 g/mol. The van der Waals surface area contributed by atoms with E-state index in [-0.39, 0.29) is 0 Å². The Labute approximate surface area is 328 Å². The van der Waals surface area contributed by atoms with Gasteiger partial charge in [0.15, 0.2) is 0 Å². The van der Waals surface area contributed by atoms with Gasteiger partial charge in [0.2, 0.25) is 17.6 Å². The van der Waals surface area contributed by atoms with E-state index in [0.29, 0.717) is 51.4 Å².